The van der Waals surface area contributed by atoms with Crippen molar-refractivity contribution in [2.24, 2.45) is 5.73 Å². The molecule has 1 unspecified atom stereocenters. The minimum Gasteiger partial charge on any atom is -0.493 e. The smallest absolute Gasteiger partial charge is 0.491 e. The lowest BCUT2D eigenvalue weighted by Gasteiger charge is -2.22. The van der Waals surface area contributed by atoms with Gasteiger partial charge in [0.25, 0.3) is 5.91 Å². The van der Waals surface area contributed by atoms with Gasteiger partial charge in [0.2, 0.25) is 0 Å². The van der Waals surface area contributed by atoms with Crippen molar-refractivity contribution >= 4 is 35.1 Å². The Hall–Kier alpha value is -5.27. The maximum atomic E-state index is 13.4. The van der Waals surface area contributed by atoms with Crippen molar-refractivity contribution in [3.05, 3.63) is 83.4 Å². The number of carbonyl (C=O) groups excluding carboxylic acids is 3. The largest absolute Gasteiger partial charge is 0.493 e. The first-order valence-electron chi connectivity index (χ1n) is 11.4. The number of nitrogen functional groups attached to an aromatic ring is 1. The molecular formula is C26H24F3N5O6. The number of carbonyl (C=O) groups is 3. The molecule has 0 aliphatic rings. The van der Waals surface area contributed by atoms with Gasteiger partial charge >= 0.3 is 18.1 Å². The third-order valence-electron chi connectivity index (χ3n) is 5.39. The van der Waals surface area contributed by atoms with E-state index >= 15 is 0 Å². The number of amidine groups is 1. The van der Waals surface area contributed by atoms with E-state index in [9.17, 15) is 27.6 Å². The molecule has 0 fully saturated rings. The Morgan fingerprint density at radius 2 is 1.57 bits per heavy atom. The maximum absolute atomic E-state index is 13.4. The van der Waals surface area contributed by atoms with Crippen LogP contribution in [0.2, 0.25) is 0 Å². The second-order valence-electron chi connectivity index (χ2n) is 8.02. The molecular weight excluding hydrogens is 535 g/mol. The number of rotatable bonds is 10. The number of hydrogen-bond donors (Lipinski definition) is 5. The molecule has 1 atom stereocenters. The molecule has 6 N–H and O–H groups in total. The summed E-state index contributed by atoms with van der Waals surface area (Å²) in [5.74, 6) is -4.32. The third kappa shape index (κ3) is 7.18. The summed E-state index contributed by atoms with van der Waals surface area (Å²) in [5.41, 5.74) is 11.2. The first-order valence-corrected chi connectivity index (χ1v) is 11.4. The normalized spacial score (nSPS) is 11.5. The van der Waals surface area contributed by atoms with Crippen LogP contribution >= 0.6 is 0 Å². The van der Waals surface area contributed by atoms with E-state index in [0.29, 0.717) is 28.3 Å². The first kappa shape index (κ1) is 29.3. The number of anilines is 2. The van der Waals surface area contributed by atoms with Crippen LogP contribution in [0, 0.1) is 5.41 Å². The topological polar surface area (TPSA) is 165 Å². The summed E-state index contributed by atoms with van der Waals surface area (Å²) >= 11 is 0. The maximum Gasteiger partial charge on any atom is 0.491 e. The van der Waals surface area contributed by atoms with E-state index < -0.39 is 35.6 Å². The van der Waals surface area contributed by atoms with Gasteiger partial charge in [0.15, 0.2) is 11.5 Å². The fraction of sp³-hybridized carbons (Fsp3) is 0.154. The number of benzene rings is 3. The van der Waals surface area contributed by atoms with Gasteiger partial charge in [-0.25, -0.2) is 9.59 Å². The zero-order chi connectivity index (χ0) is 29.4. The van der Waals surface area contributed by atoms with Crippen LogP contribution in [0.5, 0.6) is 11.5 Å². The molecule has 0 bridgehead atoms. The van der Waals surface area contributed by atoms with Crippen molar-refractivity contribution in [3.63, 3.8) is 0 Å². The summed E-state index contributed by atoms with van der Waals surface area (Å²) in [6, 6.07) is 15.2. The van der Waals surface area contributed by atoms with Crippen LogP contribution in [0.25, 0.3) is 0 Å². The predicted molar refractivity (Wildman–Crippen MR) is 138 cm³/mol. The minimum absolute atomic E-state index is 0.132. The summed E-state index contributed by atoms with van der Waals surface area (Å²) in [6.07, 6.45) is -5.37. The standard InChI is InChI=1S/C26H24F3N5O6/c1-38-19-12-9-15(13-20(19)39-2)21(32-16-10-7-14(8-11-16)22(30)31)23(35)34-33-18-6-4-3-5-17(18)24(36)40-25(37)26(27,28)29/h3-13,21,32-33H,1-2H3,(H3,30,31)(H,34,35). The number of para-hydroxylation sites is 1. The van der Waals surface area contributed by atoms with Gasteiger partial charge in [-0.05, 0) is 54.1 Å². The number of methoxy groups -OCH3 is 2. The van der Waals surface area contributed by atoms with E-state index in [-0.39, 0.29) is 11.5 Å². The van der Waals surface area contributed by atoms with Crippen LogP contribution in [0.4, 0.5) is 24.5 Å². The summed E-state index contributed by atoms with van der Waals surface area (Å²) in [5, 5.41) is 10.6. The average molecular weight is 560 g/mol. The van der Waals surface area contributed by atoms with E-state index in [1.807, 2.05) is 0 Å². The lowest BCUT2D eigenvalue weighted by atomic mass is 10.0. The fourth-order valence-corrected chi connectivity index (χ4v) is 3.41. The van der Waals surface area contributed by atoms with Crippen molar-refractivity contribution in [1.29, 1.82) is 5.41 Å². The number of hydrazine groups is 1. The lowest BCUT2D eigenvalue weighted by molar-refractivity contribution is -0.193. The van der Waals surface area contributed by atoms with Gasteiger partial charge in [-0.2, -0.15) is 13.2 Å². The molecule has 14 heteroatoms. The van der Waals surface area contributed by atoms with Crippen molar-refractivity contribution in [2.45, 2.75) is 12.2 Å². The Morgan fingerprint density at radius 3 is 2.17 bits per heavy atom. The number of ether oxygens (including phenoxy) is 3. The quantitative estimate of drug-likeness (QED) is 0.0822. The SMILES string of the molecule is COc1ccc(C(Nc2ccc(C(=N)N)cc2)C(=O)NNc2ccccc2C(=O)OC(=O)C(F)(F)F)cc1OC. The first-order chi connectivity index (χ1) is 18.9. The number of nitrogens with one attached hydrogen (secondary N) is 4. The monoisotopic (exact) mass is 559 g/mol. The van der Waals surface area contributed by atoms with Crippen LogP contribution in [0.3, 0.4) is 0 Å². The highest BCUT2D eigenvalue weighted by molar-refractivity contribution is 6.02. The highest BCUT2D eigenvalue weighted by atomic mass is 19.4. The van der Waals surface area contributed by atoms with Crippen LogP contribution < -0.4 is 31.4 Å². The van der Waals surface area contributed by atoms with Gasteiger partial charge in [0.1, 0.15) is 11.9 Å². The summed E-state index contributed by atoms with van der Waals surface area (Å²) in [4.78, 5) is 36.7. The molecule has 0 saturated heterocycles. The molecule has 40 heavy (non-hydrogen) atoms. The Labute approximate surface area is 225 Å². The predicted octanol–water partition coefficient (Wildman–Crippen LogP) is 3.53. The van der Waals surface area contributed by atoms with Gasteiger partial charge in [-0.15, -0.1) is 0 Å². The summed E-state index contributed by atoms with van der Waals surface area (Å²) in [6.45, 7) is 0. The van der Waals surface area contributed by atoms with Gasteiger partial charge in [0.05, 0.1) is 25.5 Å². The number of esters is 2. The fourth-order valence-electron chi connectivity index (χ4n) is 3.41. The second kappa shape index (κ2) is 12.5. The zero-order valence-electron chi connectivity index (χ0n) is 21.1. The molecule has 3 rings (SSSR count). The number of halogens is 3. The molecule has 0 saturated carbocycles. The molecule has 0 aliphatic heterocycles. The van der Waals surface area contributed by atoms with Crippen molar-refractivity contribution in [2.75, 3.05) is 25.0 Å². The number of nitrogens with two attached hydrogens (primary N) is 1. The Bertz CT molecular complexity index is 1410. The van der Waals surface area contributed by atoms with E-state index in [1.165, 1.54) is 32.4 Å². The number of alkyl halides is 3. The minimum atomic E-state index is -5.37. The van der Waals surface area contributed by atoms with E-state index in [2.05, 4.69) is 20.9 Å². The Kier molecular flexibility index (Phi) is 9.16. The molecule has 0 spiro atoms. The van der Waals surface area contributed by atoms with Gasteiger partial charge in [-0.3, -0.25) is 21.1 Å². The lowest BCUT2D eigenvalue weighted by Crippen LogP contribution is -2.37. The molecule has 0 radical (unpaired) electrons. The summed E-state index contributed by atoms with van der Waals surface area (Å²) < 4.78 is 52.1. The van der Waals surface area contributed by atoms with E-state index in [1.54, 1.807) is 42.5 Å². The average Bonchev–Trinajstić information content (AvgIpc) is 2.94. The van der Waals surface area contributed by atoms with Crippen molar-refractivity contribution in [1.82, 2.24) is 5.43 Å². The molecule has 0 aliphatic carbocycles. The molecule has 3 aromatic rings. The highest BCUT2D eigenvalue weighted by Crippen LogP contribution is 2.31. The molecule has 0 heterocycles. The van der Waals surface area contributed by atoms with Crippen LogP contribution in [-0.4, -0.2) is 44.1 Å². The van der Waals surface area contributed by atoms with Gasteiger partial charge < -0.3 is 25.3 Å². The van der Waals surface area contributed by atoms with Gasteiger partial charge in [-0.1, -0.05) is 18.2 Å². The van der Waals surface area contributed by atoms with Crippen LogP contribution in [0.15, 0.2) is 66.7 Å². The third-order valence-corrected chi connectivity index (χ3v) is 5.39. The highest BCUT2D eigenvalue weighted by Gasteiger charge is 2.42. The molecule has 11 nitrogen and oxygen atoms in total. The van der Waals surface area contributed by atoms with Crippen LogP contribution in [-0.2, 0) is 14.3 Å². The Balaban J connectivity index is 1.87. The number of amides is 1. The molecule has 3 aromatic carbocycles. The van der Waals surface area contributed by atoms with Gasteiger partial charge in [0, 0.05) is 11.3 Å². The Morgan fingerprint density at radius 1 is 0.925 bits per heavy atom. The number of hydrogen-bond acceptors (Lipinski definition) is 9. The van der Waals surface area contributed by atoms with Crippen molar-refractivity contribution in [3.8, 4) is 11.5 Å². The van der Waals surface area contributed by atoms with Crippen molar-refractivity contribution < 1.29 is 41.8 Å². The zero-order valence-corrected chi connectivity index (χ0v) is 21.1. The van der Waals surface area contributed by atoms with Crippen LogP contribution in [0.1, 0.15) is 27.5 Å². The van der Waals surface area contributed by atoms with E-state index in [0.717, 1.165) is 6.07 Å². The summed E-state index contributed by atoms with van der Waals surface area (Å²) in [7, 11) is 2.87. The molecule has 1 amide bonds. The van der Waals surface area contributed by atoms with E-state index in [4.69, 9.17) is 20.6 Å². The molecule has 0 aromatic heterocycles. The molecule has 210 valence electrons. The second-order valence-corrected chi connectivity index (χ2v) is 8.02.